The molecular formula is C20H23BrN4O3S2. The molecule has 4 rings (SSSR count). The van der Waals surface area contributed by atoms with Crippen molar-refractivity contribution in [3.05, 3.63) is 27.9 Å². The molecule has 160 valence electrons. The molecule has 0 aromatic carbocycles. The van der Waals surface area contributed by atoms with E-state index in [4.69, 9.17) is 4.74 Å². The molecule has 3 aromatic heterocycles. The van der Waals surface area contributed by atoms with Crippen LogP contribution in [0.2, 0.25) is 0 Å². The van der Waals surface area contributed by atoms with Crippen molar-refractivity contribution in [2.24, 2.45) is 5.92 Å². The number of aromatic amines is 1. The molecule has 2 N–H and O–H groups in total. The van der Waals surface area contributed by atoms with Crippen molar-refractivity contribution in [1.29, 1.82) is 0 Å². The van der Waals surface area contributed by atoms with Gasteiger partial charge >= 0.3 is 6.09 Å². The molecule has 4 heterocycles. The van der Waals surface area contributed by atoms with Crippen LogP contribution in [0.5, 0.6) is 0 Å². The second kappa shape index (κ2) is 8.68. The average molecular weight is 511 g/mol. The Morgan fingerprint density at radius 2 is 2.10 bits per heavy atom. The molecule has 7 nitrogen and oxygen atoms in total. The van der Waals surface area contributed by atoms with Crippen LogP contribution in [0, 0.1) is 5.92 Å². The molecule has 0 radical (unpaired) electrons. The zero-order chi connectivity index (χ0) is 21.4. The number of imidazole rings is 1. The highest BCUT2D eigenvalue weighted by atomic mass is 79.9. The Balaban J connectivity index is 1.55. The van der Waals surface area contributed by atoms with E-state index in [-0.39, 0.29) is 17.9 Å². The van der Waals surface area contributed by atoms with Gasteiger partial charge in [0.1, 0.15) is 11.9 Å². The highest BCUT2D eigenvalue weighted by Gasteiger charge is 2.37. The summed E-state index contributed by atoms with van der Waals surface area (Å²) in [5.41, 5.74) is 0.960. The van der Waals surface area contributed by atoms with E-state index in [1.807, 2.05) is 24.9 Å². The van der Waals surface area contributed by atoms with Gasteiger partial charge in [-0.05, 0) is 46.8 Å². The Hall–Kier alpha value is -1.91. The zero-order valence-electron chi connectivity index (χ0n) is 16.9. The fraction of sp³-hybridized carbons (Fsp3) is 0.450. The number of hydrogen-bond acceptors (Lipinski definition) is 6. The molecule has 30 heavy (non-hydrogen) atoms. The van der Waals surface area contributed by atoms with Crippen molar-refractivity contribution in [3.8, 4) is 10.6 Å². The van der Waals surface area contributed by atoms with E-state index in [0.717, 1.165) is 33.0 Å². The SMILES string of the molecule is COC(=O)NC(C(=O)N1CCCC1c1ncc(-c2cc3sc(Br)cc3s2)[nH]1)C(C)C. The summed E-state index contributed by atoms with van der Waals surface area (Å²) in [7, 11) is 1.30. The van der Waals surface area contributed by atoms with Gasteiger partial charge in [0.05, 0.1) is 33.7 Å². The predicted octanol–water partition coefficient (Wildman–Crippen LogP) is 5.16. The molecule has 1 saturated heterocycles. The highest BCUT2D eigenvalue weighted by Crippen LogP contribution is 2.40. The molecule has 2 unspecified atom stereocenters. The summed E-state index contributed by atoms with van der Waals surface area (Å²) in [5, 5.41) is 2.68. The molecule has 1 aliphatic rings. The van der Waals surface area contributed by atoms with E-state index in [2.05, 4.69) is 43.3 Å². The smallest absolute Gasteiger partial charge is 0.407 e. The van der Waals surface area contributed by atoms with E-state index >= 15 is 0 Å². The van der Waals surface area contributed by atoms with Crippen LogP contribution in [0.15, 0.2) is 22.1 Å². The van der Waals surface area contributed by atoms with Crippen molar-refractivity contribution in [2.45, 2.75) is 38.8 Å². The molecule has 1 fully saturated rings. The fourth-order valence-electron chi connectivity index (χ4n) is 3.76. The number of hydrogen-bond donors (Lipinski definition) is 2. The van der Waals surface area contributed by atoms with Gasteiger partial charge in [0, 0.05) is 15.9 Å². The van der Waals surface area contributed by atoms with Crippen LogP contribution in [0.25, 0.3) is 20.0 Å². The monoisotopic (exact) mass is 510 g/mol. The maximum atomic E-state index is 13.2. The lowest BCUT2D eigenvalue weighted by Crippen LogP contribution is -2.51. The molecule has 2 atom stereocenters. The number of alkyl carbamates (subject to hydrolysis) is 1. The summed E-state index contributed by atoms with van der Waals surface area (Å²) in [5.74, 6) is 0.634. The van der Waals surface area contributed by atoms with E-state index in [9.17, 15) is 9.59 Å². The topological polar surface area (TPSA) is 87.3 Å². The molecule has 0 aliphatic carbocycles. The van der Waals surface area contributed by atoms with Crippen molar-refractivity contribution >= 4 is 60.0 Å². The number of halogens is 1. The lowest BCUT2D eigenvalue weighted by atomic mass is 10.0. The Bertz CT molecular complexity index is 1040. The molecule has 0 spiro atoms. The number of nitrogens with one attached hydrogen (secondary N) is 2. The number of amides is 2. The molecule has 0 bridgehead atoms. The van der Waals surface area contributed by atoms with Crippen molar-refractivity contribution in [1.82, 2.24) is 20.2 Å². The van der Waals surface area contributed by atoms with Crippen LogP contribution in [-0.2, 0) is 9.53 Å². The number of ether oxygens (including phenoxy) is 1. The predicted molar refractivity (Wildman–Crippen MR) is 123 cm³/mol. The first-order valence-electron chi connectivity index (χ1n) is 9.76. The third-order valence-electron chi connectivity index (χ3n) is 5.28. The lowest BCUT2D eigenvalue weighted by Gasteiger charge is -2.30. The Labute approximate surface area is 191 Å². The van der Waals surface area contributed by atoms with E-state index in [1.54, 1.807) is 22.7 Å². The van der Waals surface area contributed by atoms with Gasteiger partial charge in [-0.3, -0.25) is 4.79 Å². The first-order chi connectivity index (χ1) is 14.4. The summed E-state index contributed by atoms with van der Waals surface area (Å²) in [6.07, 6.45) is 2.99. The normalized spacial score (nSPS) is 17.6. The number of H-pyrrole nitrogens is 1. The molecule has 3 aromatic rings. The molecule has 10 heteroatoms. The standard InChI is InChI=1S/C20H23BrN4O3S2/c1-10(2)17(24-20(27)28-3)19(26)25-6-4-5-12(25)18-22-9-11(23-18)13-7-14-15(29-13)8-16(21)30-14/h7-10,12,17H,4-6H2,1-3H3,(H,22,23)(H,24,27). The van der Waals surface area contributed by atoms with Crippen LogP contribution in [0.1, 0.15) is 38.6 Å². The summed E-state index contributed by atoms with van der Waals surface area (Å²) in [4.78, 5) is 35.9. The van der Waals surface area contributed by atoms with Crippen LogP contribution < -0.4 is 5.32 Å². The second-order valence-electron chi connectivity index (χ2n) is 7.62. The number of carbonyl (C=O) groups excluding carboxylic acids is 2. The number of nitrogens with zero attached hydrogens (tertiary/aromatic N) is 2. The molecule has 1 aliphatic heterocycles. The number of likely N-dealkylation sites (tertiary alicyclic amines) is 1. The largest absolute Gasteiger partial charge is 0.453 e. The summed E-state index contributed by atoms with van der Waals surface area (Å²) in [6, 6.07) is 3.54. The van der Waals surface area contributed by atoms with Crippen LogP contribution in [0.3, 0.4) is 0 Å². The van der Waals surface area contributed by atoms with Crippen LogP contribution in [0.4, 0.5) is 4.79 Å². The Morgan fingerprint density at radius 1 is 1.33 bits per heavy atom. The number of aromatic nitrogens is 2. The minimum Gasteiger partial charge on any atom is -0.453 e. The van der Waals surface area contributed by atoms with E-state index < -0.39 is 12.1 Å². The van der Waals surface area contributed by atoms with Crippen LogP contribution >= 0.6 is 38.6 Å². The molecular weight excluding hydrogens is 488 g/mol. The minimum absolute atomic E-state index is 0.0524. The van der Waals surface area contributed by atoms with E-state index in [1.165, 1.54) is 16.5 Å². The minimum atomic E-state index is -0.630. The number of fused-ring (bicyclic) bond motifs is 1. The van der Waals surface area contributed by atoms with Crippen LogP contribution in [-0.4, -0.2) is 46.6 Å². The second-order valence-corrected chi connectivity index (χ2v) is 11.2. The molecule has 0 saturated carbocycles. The van der Waals surface area contributed by atoms with Gasteiger partial charge in [0.2, 0.25) is 5.91 Å². The summed E-state index contributed by atoms with van der Waals surface area (Å²) < 4.78 is 8.30. The average Bonchev–Trinajstić information content (AvgIpc) is 3.46. The maximum absolute atomic E-state index is 13.2. The van der Waals surface area contributed by atoms with Gasteiger partial charge in [-0.25, -0.2) is 9.78 Å². The van der Waals surface area contributed by atoms with E-state index in [0.29, 0.717) is 6.54 Å². The number of carbonyl (C=O) groups is 2. The first-order valence-corrected chi connectivity index (χ1v) is 12.2. The van der Waals surface area contributed by atoms with Gasteiger partial charge in [0.15, 0.2) is 0 Å². The zero-order valence-corrected chi connectivity index (χ0v) is 20.1. The van der Waals surface area contributed by atoms with Gasteiger partial charge in [-0.15, -0.1) is 22.7 Å². The number of methoxy groups -OCH3 is 1. The summed E-state index contributed by atoms with van der Waals surface area (Å²) >= 11 is 6.96. The third kappa shape index (κ3) is 4.13. The Morgan fingerprint density at radius 3 is 2.80 bits per heavy atom. The maximum Gasteiger partial charge on any atom is 0.407 e. The van der Waals surface area contributed by atoms with Gasteiger partial charge < -0.3 is 19.9 Å². The fourth-order valence-corrected chi connectivity index (χ4v) is 6.75. The van der Waals surface area contributed by atoms with Gasteiger partial charge in [-0.1, -0.05) is 13.8 Å². The quantitative estimate of drug-likeness (QED) is 0.496. The van der Waals surface area contributed by atoms with Gasteiger partial charge in [0.25, 0.3) is 0 Å². The van der Waals surface area contributed by atoms with Crippen molar-refractivity contribution < 1.29 is 14.3 Å². The van der Waals surface area contributed by atoms with Crippen molar-refractivity contribution in [3.63, 3.8) is 0 Å². The summed E-state index contributed by atoms with van der Waals surface area (Å²) in [6.45, 7) is 4.47. The van der Waals surface area contributed by atoms with Crippen molar-refractivity contribution in [2.75, 3.05) is 13.7 Å². The number of thiophene rings is 2. The third-order valence-corrected chi connectivity index (χ3v) is 8.11. The number of rotatable bonds is 5. The first kappa shape index (κ1) is 21.3. The highest BCUT2D eigenvalue weighted by molar-refractivity contribution is 9.11. The lowest BCUT2D eigenvalue weighted by molar-refractivity contribution is -0.135. The Kier molecular flexibility index (Phi) is 6.17. The molecule has 2 amide bonds. The van der Waals surface area contributed by atoms with Gasteiger partial charge in [-0.2, -0.15) is 0 Å².